The van der Waals surface area contributed by atoms with Gasteiger partial charge >= 0.3 is 5.92 Å². The summed E-state index contributed by atoms with van der Waals surface area (Å²) in [6.45, 7) is 0.209. The Balaban J connectivity index is 0.997. The maximum Gasteiger partial charge on any atom is 0.306 e. The Morgan fingerprint density at radius 2 is 1.64 bits per heavy atom. The number of aromatic nitrogens is 1. The Bertz CT molecular complexity index is 2060. The molecule has 0 bridgehead atoms. The average molecular weight is 703 g/mol. The van der Waals surface area contributed by atoms with Gasteiger partial charge in [-0.25, -0.2) is 8.42 Å². The zero-order chi connectivity index (χ0) is 35.1. The number of pyridine rings is 1. The Labute approximate surface area is 290 Å². The standard InChI is InChI=1S/C39H40F2N2O6S/c40-39(41,29-9-6-12-32(23-29)50(46,47)31-10-4-5-11-31)26-49-30-15-13-27(14-16-30)21-22-42-24-35(44)33-17-19-36(38-34(33)18-20-37(45)43-38)48-25-28-7-2-1-3-8-28/h1-3,6-9,12-20,23,31,35,42,44H,4-5,10-11,21-22,24-26H2,(H,43,45)/t35-/m0/s1. The number of sulfone groups is 1. The van der Waals surface area contributed by atoms with Crippen LogP contribution in [0.2, 0.25) is 0 Å². The lowest BCUT2D eigenvalue weighted by molar-refractivity contribution is -0.0468. The van der Waals surface area contributed by atoms with Crippen LogP contribution < -0.4 is 20.3 Å². The number of aliphatic hydroxyl groups excluding tert-OH is 1. The topological polar surface area (TPSA) is 118 Å². The van der Waals surface area contributed by atoms with Crippen molar-refractivity contribution in [2.24, 2.45) is 0 Å². The zero-order valence-electron chi connectivity index (χ0n) is 27.5. The molecule has 0 unspecified atom stereocenters. The van der Waals surface area contributed by atoms with E-state index in [1.807, 2.05) is 30.3 Å². The highest BCUT2D eigenvalue weighted by molar-refractivity contribution is 7.92. The van der Waals surface area contributed by atoms with Crippen molar-refractivity contribution in [3.05, 3.63) is 136 Å². The monoisotopic (exact) mass is 702 g/mol. The lowest BCUT2D eigenvalue weighted by Gasteiger charge is -2.19. The molecule has 1 atom stereocenters. The minimum atomic E-state index is -3.65. The van der Waals surface area contributed by atoms with E-state index in [9.17, 15) is 18.3 Å². The average Bonchev–Trinajstić information content (AvgIpc) is 3.69. The number of ether oxygens (including phenoxy) is 2. The van der Waals surface area contributed by atoms with Gasteiger partial charge in [-0.1, -0.05) is 73.5 Å². The molecule has 4 aromatic carbocycles. The van der Waals surface area contributed by atoms with E-state index in [4.69, 9.17) is 9.47 Å². The van der Waals surface area contributed by atoms with Gasteiger partial charge in [0.25, 0.3) is 0 Å². The maximum absolute atomic E-state index is 15.1. The van der Waals surface area contributed by atoms with Gasteiger partial charge in [0.2, 0.25) is 5.56 Å². The normalized spacial score (nSPS) is 14.5. The van der Waals surface area contributed by atoms with Crippen molar-refractivity contribution in [3.63, 3.8) is 0 Å². The Hall–Kier alpha value is -4.58. The van der Waals surface area contributed by atoms with E-state index in [1.165, 1.54) is 24.3 Å². The fourth-order valence-corrected chi connectivity index (χ4v) is 8.18. The summed E-state index contributed by atoms with van der Waals surface area (Å²) in [5.41, 5.74) is 2.44. The minimum Gasteiger partial charge on any atom is -0.487 e. The number of nitrogens with one attached hydrogen (secondary N) is 2. The number of rotatable bonds is 15. The lowest BCUT2D eigenvalue weighted by Crippen LogP contribution is -2.24. The summed E-state index contributed by atoms with van der Waals surface area (Å²) in [7, 11) is -3.65. The van der Waals surface area contributed by atoms with Gasteiger partial charge in [0.1, 0.15) is 18.1 Å². The van der Waals surface area contributed by atoms with Gasteiger partial charge in [-0.05, 0) is 78.9 Å². The molecule has 1 aliphatic carbocycles. The van der Waals surface area contributed by atoms with Crippen LogP contribution in [0.4, 0.5) is 8.78 Å². The smallest absolute Gasteiger partial charge is 0.306 e. The van der Waals surface area contributed by atoms with Crippen molar-refractivity contribution in [2.45, 2.75) is 60.9 Å². The van der Waals surface area contributed by atoms with Crippen molar-refractivity contribution in [3.8, 4) is 11.5 Å². The summed E-state index contributed by atoms with van der Waals surface area (Å²) < 4.78 is 67.5. The van der Waals surface area contributed by atoms with Gasteiger partial charge in [-0.3, -0.25) is 4.79 Å². The molecule has 1 aromatic heterocycles. The van der Waals surface area contributed by atoms with E-state index in [2.05, 4.69) is 10.3 Å². The molecule has 5 aromatic rings. The van der Waals surface area contributed by atoms with Crippen LogP contribution in [0.15, 0.2) is 113 Å². The Kier molecular flexibility index (Phi) is 11.0. The van der Waals surface area contributed by atoms with Crippen LogP contribution in [0.3, 0.4) is 0 Å². The molecule has 6 rings (SSSR count). The van der Waals surface area contributed by atoms with Gasteiger partial charge in [0.05, 0.1) is 21.8 Å². The summed E-state index contributed by atoms with van der Waals surface area (Å²) in [4.78, 5) is 14.9. The molecule has 3 N–H and O–H groups in total. The van der Waals surface area contributed by atoms with Crippen LogP contribution in [0.1, 0.15) is 54.0 Å². The number of fused-ring (bicyclic) bond motifs is 1. The third-order valence-corrected chi connectivity index (χ3v) is 11.3. The maximum atomic E-state index is 15.1. The van der Waals surface area contributed by atoms with Crippen molar-refractivity contribution in [1.82, 2.24) is 10.3 Å². The Morgan fingerprint density at radius 1 is 0.880 bits per heavy atom. The lowest BCUT2D eigenvalue weighted by atomic mass is 10.0. The first-order valence-corrected chi connectivity index (χ1v) is 18.3. The number of aliphatic hydroxyl groups is 1. The molecular formula is C39H40F2N2O6S. The number of hydrogen-bond donors (Lipinski definition) is 3. The molecule has 0 aliphatic heterocycles. The first kappa shape index (κ1) is 35.3. The molecule has 0 spiro atoms. The predicted octanol–water partition coefficient (Wildman–Crippen LogP) is 6.86. The molecule has 1 aliphatic rings. The van der Waals surface area contributed by atoms with E-state index in [0.717, 1.165) is 30.0 Å². The molecule has 0 radical (unpaired) electrons. The minimum absolute atomic E-state index is 0.0706. The van der Waals surface area contributed by atoms with Crippen LogP contribution in [-0.2, 0) is 28.8 Å². The Morgan fingerprint density at radius 3 is 2.40 bits per heavy atom. The zero-order valence-corrected chi connectivity index (χ0v) is 28.3. The third kappa shape index (κ3) is 8.40. The molecule has 1 heterocycles. The van der Waals surface area contributed by atoms with Crippen LogP contribution in [0.5, 0.6) is 11.5 Å². The summed E-state index contributed by atoms with van der Waals surface area (Å²) in [6.07, 6.45) is 2.54. The fourth-order valence-electron chi connectivity index (χ4n) is 6.28. The molecule has 8 nitrogen and oxygen atoms in total. The van der Waals surface area contributed by atoms with E-state index < -0.39 is 39.3 Å². The SMILES string of the molecule is O=c1ccc2c([C@@H](O)CNCCc3ccc(OCC(F)(F)c4cccc(S(=O)(=O)C5CCCC5)c4)cc3)ccc(OCc3ccccc3)c2[nH]1. The van der Waals surface area contributed by atoms with Gasteiger partial charge in [-0.15, -0.1) is 0 Å². The molecule has 1 fully saturated rings. The van der Waals surface area contributed by atoms with Crippen molar-refractivity contribution in [1.29, 1.82) is 0 Å². The second-order valence-electron chi connectivity index (χ2n) is 12.6. The molecular weight excluding hydrogens is 662 g/mol. The van der Waals surface area contributed by atoms with E-state index in [-0.39, 0.29) is 22.7 Å². The van der Waals surface area contributed by atoms with Crippen LogP contribution in [0.25, 0.3) is 10.9 Å². The van der Waals surface area contributed by atoms with Gasteiger partial charge in [0, 0.05) is 23.6 Å². The van der Waals surface area contributed by atoms with Gasteiger partial charge in [-0.2, -0.15) is 8.78 Å². The highest BCUT2D eigenvalue weighted by Crippen LogP contribution is 2.34. The predicted molar refractivity (Wildman–Crippen MR) is 189 cm³/mol. The second kappa shape index (κ2) is 15.5. The van der Waals surface area contributed by atoms with E-state index in [0.29, 0.717) is 54.6 Å². The number of hydrogen-bond acceptors (Lipinski definition) is 7. The van der Waals surface area contributed by atoms with E-state index in [1.54, 1.807) is 42.5 Å². The first-order chi connectivity index (χ1) is 24.1. The van der Waals surface area contributed by atoms with Crippen molar-refractivity contribution < 1.29 is 31.8 Å². The summed E-state index contributed by atoms with van der Waals surface area (Å²) in [6, 6.07) is 28.2. The number of alkyl halides is 2. The molecule has 0 saturated heterocycles. The van der Waals surface area contributed by atoms with Gasteiger partial charge in [0.15, 0.2) is 16.4 Å². The first-order valence-electron chi connectivity index (χ1n) is 16.8. The molecule has 0 amide bonds. The highest BCUT2D eigenvalue weighted by Gasteiger charge is 2.36. The van der Waals surface area contributed by atoms with E-state index >= 15 is 8.78 Å². The molecule has 1 saturated carbocycles. The summed E-state index contributed by atoms with van der Waals surface area (Å²) >= 11 is 0. The summed E-state index contributed by atoms with van der Waals surface area (Å²) in [5, 5.41) is 14.5. The van der Waals surface area contributed by atoms with Gasteiger partial charge < -0.3 is 24.9 Å². The molecule has 11 heteroatoms. The number of H-pyrrole nitrogens is 1. The largest absolute Gasteiger partial charge is 0.487 e. The fraction of sp³-hybridized carbons (Fsp3) is 0.308. The third-order valence-electron chi connectivity index (χ3n) is 9.08. The molecule has 262 valence electrons. The van der Waals surface area contributed by atoms with Crippen molar-refractivity contribution in [2.75, 3.05) is 19.7 Å². The number of halogens is 2. The second-order valence-corrected chi connectivity index (χ2v) is 14.9. The summed E-state index contributed by atoms with van der Waals surface area (Å²) in [5.74, 6) is -2.60. The van der Waals surface area contributed by atoms with Crippen LogP contribution in [0, 0.1) is 0 Å². The highest BCUT2D eigenvalue weighted by atomic mass is 32.2. The quantitative estimate of drug-likeness (QED) is 0.102. The van der Waals surface area contributed by atoms with Crippen LogP contribution in [-0.4, -0.2) is 43.5 Å². The van der Waals surface area contributed by atoms with Crippen LogP contribution >= 0.6 is 0 Å². The van der Waals surface area contributed by atoms with Crippen molar-refractivity contribution >= 4 is 20.7 Å². The number of aromatic amines is 1. The molecule has 50 heavy (non-hydrogen) atoms. The number of benzene rings is 4.